The topological polar surface area (TPSA) is 75.3 Å². The number of benzene rings is 2. The van der Waals surface area contributed by atoms with E-state index in [0.717, 1.165) is 5.56 Å². The Morgan fingerprint density at radius 2 is 1.78 bits per heavy atom. The molecule has 23 heavy (non-hydrogen) atoms. The summed E-state index contributed by atoms with van der Waals surface area (Å²) in [6.45, 7) is 1.49. The maximum atomic E-state index is 12.5. The third-order valence-electron chi connectivity index (χ3n) is 3.88. The molecule has 5 nitrogen and oxygen atoms in total. The van der Waals surface area contributed by atoms with Gasteiger partial charge in [0.1, 0.15) is 0 Å². The van der Waals surface area contributed by atoms with Crippen LogP contribution in [-0.2, 0) is 9.59 Å². The molecular weight excluding hydrogens is 292 g/mol. The Kier molecular flexibility index (Phi) is 3.93. The summed E-state index contributed by atoms with van der Waals surface area (Å²) in [7, 11) is 0. The van der Waals surface area contributed by atoms with E-state index in [-0.39, 0.29) is 24.0 Å². The lowest BCUT2D eigenvalue weighted by molar-refractivity contribution is -0.123. The second-order valence-corrected chi connectivity index (χ2v) is 5.51. The SMILES string of the molecule is CC(=O)c1ccc(NC(=O)[C@@H]2CC(=O)Nc3ccccc32)cc1. The molecule has 0 saturated carbocycles. The summed E-state index contributed by atoms with van der Waals surface area (Å²) in [5.41, 5.74) is 2.68. The van der Waals surface area contributed by atoms with Crippen LogP contribution in [0, 0.1) is 0 Å². The van der Waals surface area contributed by atoms with E-state index in [9.17, 15) is 14.4 Å². The summed E-state index contributed by atoms with van der Waals surface area (Å²) in [6, 6.07) is 14.0. The fourth-order valence-electron chi connectivity index (χ4n) is 2.66. The van der Waals surface area contributed by atoms with Crippen molar-refractivity contribution < 1.29 is 14.4 Å². The first-order chi connectivity index (χ1) is 11.0. The Hall–Kier alpha value is -2.95. The van der Waals surface area contributed by atoms with E-state index >= 15 is 0 Å². The Balaban J connectivity index is 1.81. The van der Waals surface area contributed by atoms with E-state index in [2.05, 4.69) is 10.6 Å². The van der Waals surface area contributed by atoms with E-state index < -0.39 is 5.92 Å². The lowest BCUT2D eigenvalue weighted by Crippen LogP contribution is -2.30. The molecule has 1 aliphatic heterocycles. The van der Waals surface area contributed by atoms with E-state index in [1.807, 2.05) is 18.2 Å². The van der Waals surface area contributed by atoms with Crippen LogP contribution in [0.2, 0.25) is 0 Å². The standard InChI is InChI=1S/C18H16N2O3/c1-11(21)12-6-8-13(9-7-12)19-18(23)15-10-17(22)20-16-5-3-2-4-14(15)16/h2-9,15H,10H2,1H3,(H,19,23)(H,20,22)/t15-/m1/s1. The first kappa shape index (κ1) is 15.0. The van der Waals surface area contributed by atoms with Gasteiger partial charge in [0.05, 0.1) is 5.92 Å². The molecule has 1 atom stereocenters. The number of amides is 2. The number of anilines is 2. The minimum atomic E-state index is -0.521. The molecule has 116 valence electrons. The van der Waals surface area contributed by atoms with Crippen molar-refractivity contribution in [3.8, 4) is 0 Å². The van der Waals surface area contributed by atoms with Gasteiger partial charge in [-0.05, 0) is 42.8 Å². The molecule has 2 N–H and O–H groups in total. The maximum Gasteiger partial charge on any atom is 0.232 e. The van der Waals surface area contributed by atoms with Crippen LogP contribution in [0.3, 0.4) is 0 Å². The number of rotatable bonds is 3. The van der Waals surface area contributed by atoms with Crippen LogP contribution in [0.4, 0.5) is 11.4 Å². The first-order valence-corrected chi connectivity index (χ1v) is 7.35. The monoisotopic (exact) mass is 308 g/mol. The van der Waals surface area contributed by atoms with Gasteiger partial charge in [-0.15, -0.1) is 0 Å². The van der Waals surface area contributed by atoms with Gasteiger partial charge in [0.15, 0.2) is 5.78 Å². The highest BCUT2D eigenvalue weighted by Crippen LogP contribution is 2.32. The fraction of sp³-hybridized carbons (Fsp3) is 0.167. The highest BCUT2D eigenvalue weighted by Gasteiger charge is 2.30. The van der Waals surface area contributed by atoms with Crippen molar-refractivity contribution in [2.75, 3.05) is 10.6 Å². The van der Waals surface area contributed by atoms with Crippen LogP contribution in [-0.4, -0.2) is 17.6 Å². The number of hydrogen-bond acceptors (Lipinski definition) is 3. The van der Waals surface area contributed by atoms with Gasteiger partial charge in [-0.2, -0.15) is 0 Å². The average Bonchev–Trinajstić information content (AvgIpc) is 2.54. The summed E-state index contributed by atoms with van der Waals surface area (Å²) in [4.78, 5) is 35.6. The van der Waals surface area contributed by atoms with Crippen molar-refractivity contribution in [2.24, 2.45) is 0 Å². The summed E-state index contributed by atoms with van der Waals surface area (Å²) in [5.74, 6) is -0.952. The van der Waals surface area contributed by atoms with Crippen molar-refractivity contribution in [3.63, 3.8) is 0 Å². The molecule has 1 heterocycles. The molecule has 5 heteroatoms. The molecule has 0 bridgehead atoms. The number of carbonyl (C=O) groups is 3. The molecule has 0 radical (unpaired) electrons. The third kappa shape index (κ3) is 3.13. The Labute approximate surface area is 133 Å². The molecule has 0 spiro atoms. The van der Waals surface area contributed by atoms with E-state index in [1.165, 1.54) is 6.92 Å². The van der Waals surface area contributed by atoms with Gasteiger partial charge < -0.3 is 10.6 Å². The molecule has 2 amide bonds. The van der Waals surface area contributed by atoms with E-state index in [1.54, 1.807) is 30.3 Å². The van der Waals surface area contributed by atoms with Crippen LogP contribution < -0.4 is 10.6 Å². The van der Waals surface area contributed by atoms with Gasteiger partial charge in [-0.25, -0.2) is 0 Å². The van der Waals surface area contributed by atoms with Crippen LogP contribution >= 0.6 is 0 Å². The first-order valence-electron chi connectivity index (χ1n) is 7.35. The smallest absolute Gasteiger partial charge is 0.232 e. The number of ketones is 1. The fourth-order valence-corrected chi connectivity index (χ4v) is 2.66. The summed E-state index contributed by atoms with van der Waals surface area (Å²) in [5, 5.41) is 5.58. The molecule has 0 saturated heterocycles. The van der Waals surface area contributed by atoms with Crippen molar-refractivity contribution in [1.29, 1.82) is 0 Å². The maximum absolute atomic E-state index is 12.5. The molecule has 3 rings (SSSR count). The predicted octanol–water partition coefficient (Wildman–Crippen LogP) is 2.95. The third-order valence-corrected chi connectivity index (χ3v) is 3.88. The molecule has 1 aliphatic rings. The number of hydrogen-bond donors (Lipinski definition) is 2. The zero-order valence-electron chi connectivity index (χ0n) is 12.6. The van der Waals surface area contributed by atoms with Crippen LogP contribution in [0.1, 0.15) is 35.2 Å². The van der Waals surface area contributed by atoms with Crippen LogP contribution in [0.25, 0.3) is 0 Å². The summed E-state index contributed by atoms with van der Waals surface area (Å²) >= 11 is 0. The Bertz CT molecular complexity index is 781. The normalized spacial score (nSPS) is 16.2. The van der Waals surface area contributed by atoms with Crippen LogP contribution in [0.5, 0.6) is 0 Å². The molecule has 2 aromatic carbocycles. The van der Waals surface area contributed by atoms with E-state index in [4.69, 9.17) is 0 Å². The molecule has 0 unspecified atom stereocenters. The van der Waals surface area contributed by atoms with E-state index in [0.29, 0.717) is 16.9 Å². The van der Waals surface area contributed by atoms with Gasteiger partial charge >= 0.3 is 0 Å². The van der Waals surface area contributed by atoms with Gasteiger partial charge in [-0.3, -0.25) is 14.4 Å². The van der Waals surface area contributed by atoms with Crippen molar-refractivity contribution in [1.82, 2.24) is 0 Å². The van der Waals surface area contributed by atoms with Crippen molar-refractivity contribution in [3.05, 3.63) is 59.7 Å². The Morgan fingerprint density at radius 1 is 1.09 bits per heavy atom. The lowest BCUT2D eigenvalue weighted by atomic mass is 9.90. The zero-order valence-corrected chi connectivity index (χ0v) is 12.6. The van der Waals surface area contributed by atoms with Gasteiger partial charge in [0.2, 0.25) is 11.8 Å². The lowest BCUT2D eigenvalue weighted by Gasteiger charge is -2.24. The highest BCUT2D eigenvalue weighted by molar-refractivity contribution is 6.05. The largest absolute Gasteiger partial charge is 0.326 e. The molecule has 2 aromatic rings. The predicted molar refractivity (Wildman–Crippen MR) is 87.5 cm³/mol. The second kappa shape index (κ2) is 6.04. The van der Waals surface area contributed by atoms with Gasteiger partial charge in [0, 0.05) is 23.4 Å². The van der Waals surface area contributed by atoms with Gasteiger partial charge in [0.25, 0.3) is 0 Å². The summed E-state index contributed by atoms with van der Waals surface area (Å²) < 4.78 is 0. The second-order valence-electron chi connectivity index (χ2n) is 5.51. The molecular formula is C18H16N2O3. The molecule has 0 fully saturated rings. The van der Waals surface area contributed by atoms with Gasteiger partial charge in [-0.1, -0.05) is 18.2 Å². The number of carbonyl (C=O) groups excluding carboxylic acids is 3. The zero-order chi connectivity index (χ0) is 16.4. The number of fused-ring (bicyclic) bond motifs is 1. The minimum absolute atomic E-state index is 0.0271. The quantitative estimate of drug-likeness (QED) is 0.856. The summed E-state index contributed by atoms with van der Waals surface area (Å²) in [6.07, 6.45) is 0.119. The Morgan fingerprint density at radius 3 is 2.48 bits per heavy atom. The van der Waals surface area contributed by atoms with Crippen molar-refractivity contribution >= 4 is 29.0 Å². The number of nitrogens with one attached hydrogen (secondary N) is 2. The average molecular weight is 308 g/mol. The van der Waals surface area contributed by atoms with Crippen molar-refractivity contribution in [2.45, 2.75) is 19.3 Å². The number of para-hydroxylation sites is 1. The molecule has 0 aliphatic carbocycles. The molecule has 0 aromatic heterocycles. The minimum Gasteiger partial charge on any atom is -0.326 e. The number of Topliss-reactive ketones (excluding diaryl/α,β-unsaturated/α-hetero) is 1. The highest BCUT2D eigenvalue weighted by atomic mass is 16.2. The van der Waals surface area contributed by atoms with Crippen LogP contribution in [0.15, 0.2) is 48.5 Å².